The summed E-state index contributed by atoms with van der Waals surface area (Å²) >= 11 is 1.85. The van der Waals surface area contributed by atoms with Crippen molar-refractivity contribution in [2.24, 2.45) is 16.6 Å². The lowest BCUT2D eigenvalue weighted by atomic mass is 10.2. The summed E-state index contributed by atoms with van der Waals surface area (Å²) in [5.74, 6) is 2.35. The number of nitrogens with two attached hydrogens (primary N) is 1. The highest BCUT2D eigenvalue weighted by Crippen LogP contribution is 1.97. The van der Waals surface area contributed by atoms with Crippen LogP contribution in [0.15, 0.2) is 4.99 Å². The maximum atomic E-state index is 5.64. The summed E-state index contributed by atoms with van der Waals surface area (Å²) in [7, 11) is 0. The van der Waals surface area contributed by atoms with Crippen LogP contribution in [0, 0.1) is 5.92 Å². The highest BCUT2D eigenvalue weighted by Gasteiger charge is 1.96. The van der Waals surface area contributed by atoms with E-state index >= 15 is 0 Å². The maximum absolute atomic E-state index is 5.64. The molecule has 11 heavy (non-hydrogen) atoms. The molecule has 0 aliphatic rings. The molecule has 0 amide bonds. The van der Waals surface area contributed by atoms with Gasteiger partial charge >= 0.3 is 0 Å². The number of rotatable bonds is 5. The molecule has 0 fully saturated rings. The van der Waals surface area contributed by atoms with Gasteiger partial charge < -0.3 is 5.73 Å². The Bertz CT molecular complexity index is 121. The molecule has 0 heterocycles. The van der Waals surface area contributed by atoms with Gasteiger partial charge in [-0.1, -0.05) is 13.8 Å². The van der Waals surface area contributed by atoms with Gasteiger partial charge in [-0.3, -0.25) is 4.99 Å². The van der Waals surface area contributed by atoms with Crippen molar-refractivity contribution in [1.29, 1.82) is 0 Å². The van der Waals surface area contributed by atoms with Crippen LogP contribution in [0.5, 0.6) is 0 Å². The summed E-state index contributed by atoms with van der Waals surface area (Å²) in [6.45, 7) is 5.01. The van der Waals surface area contributed by atoms with Crippen LogP contribution in [0.25, 0.3) is 0 Å². The van der Waals surface area contributed by atoms with Crippen molar-refractivity contribution in [3.8, 4) is 0 Å². The van der Waals surface area contributed by atoms with Crippen LogP contribution in [-0.4, -0.2) is 24.4 Å². The molecule has 0 aromatic heterocycles. The van der Waals surface area contributed by atoms with Gasteiger partial charge in [0.2, 0.25) is 0 Å². The van der Waals surface area contributed by atoms with Crippen LogP contribution in [0.4, 0.5) is 0 Å². The molecule has 0 atom stereocenters. The molecule has 0 aromatic rings. The molecule has 66 valence electrons. The van der Waals surface area contributed by atoms with E-state index < -0.39 is 0 Å². The minimum absolute atomic E-state index is 0.393. The molecule has 2 N–H and O–H groups in total. The van der Waals surface area contributed by atoms with Crippen molar-refractivity contribution in [1.82, 2.24) is 0 Å². The SMILES string of the molecule is CSCCCN=C(N)C(C)C. The van der Waals surface area contributed by atoms with Crippen molar-refractivity contribution >= 4 is 17.6 Å². The van der Waals surface area contributed by atoms with Crippen molar-refractivity contribution < 1.29 is 0 Å². The summed E-state index contributed by atoms with van der Waals surface area (Å²) in [6, 6.07) is 0. The lowest BCUT2D eigenvalue weighted by molar-refractivity contribution is 0.844. The normalized spacial score (nSPS) is 12.5. The Morgan fingerprint density at radius 2 is 2.18 bits per heavy atom. The predicted molar refractivity (Wildman–Crippen MR) is 54.3 cm³/mol. The van der Waals surface area contributed by atoms with Crippen molar-refractivity contribution in [2.45, 2.75) is 20.3 Å². The lowest BCUT2D eigenvalue weighted by Crippen LogP contribution is -2.19. The Hall–Kier alpha value is -0.180. The second kappa shape index (κ2) is 6.53. The van der Waals surface area contributed by atoms with Crippen LogP contribution >= 0.6 is 11.8 Å². The fourth-order valence-electron chi connectivity index (χ4n) is 0.600. The third kappa shape index (κ3) is 6.23. The smallest absolute Gasteiger partial charge is 0.0962 e. The number of aliphatic imine (C=N–C) groups is 1. The molecule has 0 saturated heterocycles. The fraction of sp³-hybridized carbons (Fsp3) is 0.875. The standard InChI is InChI=1S/C8H18N2S/c1-7(2)8(9)10-5-4-6-11-3/h7H,4-6H2,1-3H3,(H2,9,10). The molecule has 2 nitrogen and oxygen atoms in total. The van der Waals surface area contributed by atoms with Crippen LogP contribution in [0.2, 0.25) is 0 Å². The monoisotopic (exact) mass is 174 g/mol. The van der Waals surface area contributed by atoms with E-state index in [2.05, 4.69) is 25.1 Å². The van der Waals surface area contributed by atoms with Gasteiger partial charge in [0.05, 0.1) is 5.84 Å². The summed E-state index contributed by atoms with van der Waals surface area (Å²) in [6.07, 6.45) is 3.24. The third-order valence-electron chi connectivity index (χ3n) is 1.39. The maximum Gasteiger partial charge on any atom is 0.0962 e. The van der Waals surface area contributed by atoms with Gasteiger partial charge in [-0.25, -0.2) is 0 Å². The van der Waals surface area contributed by atoms with E-state index in [-0.39, 0.29) is 0 Å². The molecule has 0 radical (unpaired) electrons. The van der Waals surface area contributed by atoms with Crippen LogP contribution in [0.1, 0.15) is 20.3 Å². The second-order valence-electron chi connectivity index (χ2n) is 2.81. The molecule has 0 unspecified atom stereocenters. The van der Waals surface area contributed by atoms with Crippen molar-refractivity contribution in [3.63, 3.8) is 0 Å². The molecule has 0 bridgehead atoms. The summed E-state index contributed by atoms with van der Waals surface area (Å²) in [5.41, 5.74) is 5.64. The number of thioether (sulfide) groups is 1. The van der Waals surface area contributed by atoms with Crippen LogP contribution < -0.4 is 5.73 Å². The first kappa shape index (κ1) is 10.8. The van der Waals surface area contributed by atoms with Gasteiger partial charge in [-0.15, -0.1) is 0 Å². The molecule has 0 aliphatic heterocycles. The Balaban J connectivity index is 3.40. The van der Waals surface area contributed by atoms with E-state index in [9.17, 15) is 0 Å². The van der Waals surface area contributed by atoms with Gasteiger partial charge in [0.25, 0.3) is 0 Å². The lowest BCUT2D eigenvalue weighted by Gasteiger charge is -2.02. The van der Waals surface area contributed by atoms with Crippen LogP contribution in [-0.2, 0) is 0 Å². The third-order valence-corrected chi connectivity index (χ3v) is 2.09. The molecular weight excluding hydrogens is 156 g/mol. The first-order valence-corrected chi connectivity index (χ1v) is 5.36. The van der Waals surface area contributed by atoms with E-state index in [1.807, 2.05) is 11.8 Å². The number of amidine groups is 1. The first-order chi connectivity index (χ1) is 5.18. The molecule has 0 aliphatic carbocycles. The molecule has 0 rings (SSSR count). The quantitative estimate of drug-likeness (QED) is 0.392. The largest absolute Gasteiger partial charge is 0.387 e. The second-order valence-corrected chi connectivity index (χ2v) is 3.79. The topological polar surface area (TPSA) is 38.4 Å². The Morgan fingerprint density at radius 1 is 1.55 bits per heavy atom. The fourth-order valence-corrected chi connectivity index (χ4v) is 1.02. The van der Waals surface area contributed by atoms with E-state index in [4.69, 9.17) is 5.73 Å². The van der Waals surface area contributed by atoms with Gasteiger partial charge in [0.1, 0.15) is 0 Å². The van der Waals surface area contributed by atoms with Gasteiger partial charge in [0, 0.05) is 12.5 Å². The predicted octanol–water partition coefficient (Wildman–Crippen LogP) is 1.75. The zero-order valence-corrected chi connectivity index (χ0v) is 8.45. The summed E-state index contributed by atoms with van der Waals surface area (Å²) < 4.78 is 0. The van der Waals surface area contributed by atoms with E-state index in [0.717, 1.165) is 18.8 Å². The Morgan fingerprint density at radius 3 is 2.64 bits per heavy atom. The average Bonchev–Trinajstić information content (AvgIpc) is 1.97. The summed E-state index contributed by atoms with van der Waals surface area (Å²) in [4.78, 5) is 4.24. The molecule has 0 saturated carbocycles. The van der Waals surface area contributed by atoms with E-state index in [0.29, 0.717) is 5.92 Å². The number of nitrogens with zero attached hydrogens (tertiary/aromatic N) is 1. The van der Waals surface area contributed by atoms with Gasteiger partial charge in [-0.05, 0) is 18.4 Å². The summed E-state index contributed by atoms with van der Waals surface area (Å²) in [5, 5.41) is 0. The molecule has 0 aromatic carbocycles. The Labute approximate surface area is 73.7 Å². The Kier molecular flexibility index (Phi) is 6.42. The number of hydrogen-bond acceptors (Lipinski definition) is 2. The highest BCUT2D eigenvalue weighted by molar-refractivity contribution is 7.98. The molecule has 3 heteroatoms. The zero-order valence-electron chi connectivity index (χ0n) is 7.63. The van der Waals surface area contributed by atoms with Crippen molar-refractivity contribution in [3.05, 3.63) is 0 Å². The minimum Gasteiger partial charge on any atom is -0.387 e. The van der Waals surface area contributed by atoms with Gasteiger partial charge in [0.15, 0.2) is 0 Å². The zero-order chi connectivity index (χ0) is 8.69. The van der Waals surface area contributed by atoms with Crippen LogP contribution in [0.3, 0.4) is 0 Å². The van der Waals surface area contributed by atoms with E-state index in [1.165, 1.54) is 5.75 Å². The molecular formula is C8H18N2S. The number of hydrogen-bond donors (Lipinski definition) is 1. The first-order valence-electron chi connectivity index (χ1n) is 3.97. The van der Waals surface area contributed by atoms with Crippen molar-refractivity contribution in [2.75, 3.05) is 18.6 Å². The highest BCUT2D eigenvalue weighted by atomic mass is 32.2. The van der Waals surface area contributed by atoms with E-state index in [1.54, 1.807) is 0 Å². The minimum atomic E-state index is 0.393. The molecule has 0 spiro atoms. The van der Waals surface area contributed by atoms with Gasteiger partial charge in [-0.2, -0.15) is 11.8 Å². The average molecular weight is 174 g/mol.